The third-order valence-electron chi connectivity index (χ3n) is 3.71. The summed E-state index contributed by atoms with van der Waals surface area (Å²) in [6.45, 7) is 4.52. The van der Waals surface area contributed by atoms with Crippen molar-refractivity contribution in [3.8, 4) is 11.8 Å². The predicted molar refractivity (Wildman–Crippen MR) is 95.0 cm³/mol. The van der Waals surface area contributed by atoms with Gasteiger partial charge in [-0.25, -0.2) is 0 Å². The van der Waals surface area contributed by atoms with Crippen LogP contribution in [0.2, 0.25) is 0 Å². The lowest BCUT2D eigenvalue weighted by Gasteiger charge is -2.26. The molecule has 0 aliphatic rings. The number of para-hydroxylation sites is 1. The predicted octanol–water partition coefficient (Wildman–Crippen LogP) is 4.16. The van der Waals surface area contributed by atoms with Gasteiger partial charge in [0, 0.05) is 12.2 Å². The van der Waals surface area contributed by atoms with E-state index in [1.165, 1.54) is 0 Å². The summed E-state index contributed by atoms with van der Waals surface area (Å²) in [5.74, 6) is 0.511. The molecule has 4 heteroatoms. The number of carbonyl (C=O) groups is 1. The van der Waals surface area contributed by atoms with Crippen LogP contribution in [0.15, 0.2) is 54.6 Å². The Labute approximate surface area is 143 Å². The summed E-state index contributed by atoms with van der Waals surface area (Å²) in [5, 5.41) is 8.83. The number of benzene rings is 2. The second kappa shape index (κ2) is 8.73. The molecule has 4 nitrogen and oxygen atoms in total. The molecule has 1 atom stereocenters. The first-order chi connectivity index (χ1) is 11.7. The molecule has 24 heavy (non-hydrogen) atoms. The fraction of sp³-hybridized carbons (Fsp3) is 0.300. The monoisotopic (exact) mass is 322 g/mol. The number of nitrogens with zero attached hydrogens (tertiary/aromatic N) is 2. The van der Waals surface area contributed by atoms with Gasteiger partial charge in [0.05, 0.1) is 11.6 Å². The van der Waals surface area contributed by atoms with Gasteiger partial charge in [0.1, 0.15) is 5.75 Å². The summed E-state index contributed by atoms with van der Waals surface area (Å²) in [4.78, 5) is 14.6. The fourth-order valence-corrected chi connectivity index (χ4v) is 2.37. The molecule has 2 aromatic rings. The highest BCUT2D eigenvalue weighted by Gasteiger charge is 2.23. The number of hydrogen-bond donors (Lipinski definition) is 0. The van der Waals surface area contributed by atoms with Crippen molar-refractivity contribution in [2.75, 3.05) is 11.4 Å². The molecule has 0 saturated carbocycles. The highest BCUT2D eigenvalue weighted by Crippen LogP contribution is 2.19. The molecule has 0 heterocycles. The molecular weight excluding hydrogens is 300 g/mol. The van der Waals surface area contributed by atoms with Crippen LogP contribution in [0.25, 0.3) is 0 Å². The molecule has 0 aromatic heterocycles. The quantitative estimate of drug-likeness (QED) is 0.769. The average Bonchev–Trinajstić information content (AvgIpc) is 2.63. The molecule has 0 aliphatic carbocycles. The van der Waals surface area contributed by atoms with Crippen LogP contribution in [-0.4, -0.2) is 18.6 Å². The minimum Gasteiger partial charge on any atom is -0.481 e. The lowest BCUT2D eigenvalue weighted by Crippen LogP contribution is -2.41. The Bertz CT molecular complexity index is 690. The van der Waals surface area contributed by atoms with Crippen molar-refractivity contribution in [1.29, 1.82) is 5.26 Å². The summed E-state index contributed by atoms with van der Waals surface area (Å²) in [6.07, 6.45) is 1.35. The first-order valence-corrected chi connectivity index (χ1v) is 8.19. The van der Waals surface area contributed by atoms with Crippen molar-refractivity contribution in [2.24, 2.45) is 0 Å². The minimum absolute atomic E-state index is 0.0704. The summed E-state index contributed by atoms with van der Waals surface area (Å²) >= 11 is 0. The summed E-state index contributed by atoms with van der Waals surface area (Å²) in [6, 6.07) is 18.5. The normalized spacial score (nSPS) is 11.4. The highest BCUT2D eigenvalue weighted by atomic mass is 16.5. The Morgan fingerprint density at radius 2 is 1.83 bits per heavy atom. The molecule has 0 saturated heterocycles. The van der Waals surface area contributed by atoms with E-state index in [9.17, 15) is 4.79 Å². The lowest BCUT2D eigenvalue weighted by atomic mass is 10.2. The number of amides is 1. The molecule has 0 bridgehead atoms. The zero-order valence-electron chi connectivity index (χ0n) is 14.1. The fourth-order valence-electron chi connectivity index (χ4n) is 2.37. The second-order valence-corrected chi connectivity index (χ2v) is 5.58. The Morgan fingerprint density at radius 3 is 2.42 bits per heavy atom. The maximum Gasteiger partial charge on any atom is 0.267 e. The van der Waals surface area contributed by atoms with E-state index in [0.717, 1.165) is 18.5 Å². The number of hydrogen-bond acceptors (Lipinski definition) is 3. The SMILES string of the molecule is CCCCN(C(=O)C(C)Oc1ccc(C#N)cc1)c1ccccc1. The van der Waals surface area contributed by atoms with Gasteiger partial charge in [-0.2, -0.15) is 5.26 Å². The van der Waals surface area contributed by atoms with Crippen LogP contribution in [0.5, 0.6) is 5.75 Å². The van der Waals surface area contributed by atoms with E-state index >= 15 is 0 Å². The van der Waals surface area contributed by atoms with Crippen molar-refractivity contribution in [1.82, 2.24) is 0 Å². The molecule has 0 N–H and O–H groups in total. The van der Waals surface area contributed by atoms with E-state index in [4.69, 9.17) is 10.00 Å². The zero-order valence-corrected chi connectivity index (χ0v) is 14.1. The van der Waals surface area contributed by atoms with Gasteiger partial charge < -0.3 is 9.64 Å². The maximum atomic E-state index is 12.8. The Balaban J connectivity index is 2.11. The molecule has 2 rings (SSSR count). The smallest absolute Gasteiger partial charge is 0.267 e. The molecule has 2 aromatic carbocycles. The number of rotatable bonds is 7. The zero-order chi connectivity index (χ0) is 17.4. The van der Waals surface area contributed by atoms with E-state index in [1.807, 2.05) is 30.3 Å². The Hall–Kier alpha value is -2.80. The minimum atomic E-state index is -0.602. The van der Waals surface area contributed by atoms with Crippen molar-refractivity contribution in [2.45, 2.75) is 32.8 Å². The maximum absolute atomic E-state index is 12.8. The van der Waals surface area contributed by atoms with Crippen molar-refractivity contribution >= 4 is 11.6 Å². The number of ether oxygens (including phenoxy) is 1. The van der Waals surface area contributed by atoms with Gasteiger partial charge in [0.25, 0.3) is 5.91 Å². The van der Waals surface area contributed by atoms with Gasteiger partial charge in [0.15, 0.2) is 6.10 Å². The number of carbonyl (C=O) groups excluding carboxylic acids is 1. The molecule has 0 radical (unpaired) electrons. The third kappa shape index (κ3) is 4.60. The van der Waals surface area contributed by atoms with Gasteiger partial charge in [-0.15, -0.1) is 0 Å². The summed E-state index contributed by atoms with van der Waals surface area (Å²) in [5.41, 5.74) is 1.45. The van der Waals surface area contributed by atoms with Gasteiger partial charge in [-0.3, -0.25) is 4.79 Å². The van der Waals surface area contributed by atoms with E-state index in [-0.39, 0.29) is 5.91 Å². The summed E-state index contributed by atoms with van der Waals surface area (Å²) < 4.78 is 5.76. The van der Waals surface area contributed by atoms with E-state index in [1.54, 1.807) is 36.1 Å². The molecule has 1 unspecified atom stereocenters. The lowest BCUT2D eigenvalue weighted by molar-refractivity contribution is -0.124. The first kappa shape index (κ1) is 17.6. The Kier molecular flexibility index (Phi) is 6.39. The van der Waals surface area contributed by atoms with Crippen LogP contribution in [0.4, 0.5) is 5.69 Å². The van der Waals surface area contributed by atoms with Gasteiger partial charge in [-0.1, -0.05) is 31.5 Å². The molecule has 0 spiro atoms. The van der Waals surface area contributed by atoms with E-state index in [0.29, 0.717) is 17.9 Å². The Morgan fingerprint density at radius 1 is 1.17 bits per heavy atom. The largest absolute Gasteiger partial charge is 0.481 e. The number of unbranched alkanes of at least 4 members (excludes halogenated alkanes) is 1. The van der Waals surface area contributed by atoms with Gasteiger partial charge >= 0.3 is 0 Å². The van der Waals surface area contributed by atoms with E-state index < -0.39 is 6.10 Å². The van der Waals surface area contributed by atoms with Crippen LogP contribution in [0.1, 0.15) is 32.3 Å². The number of anilines is 1. The molecule has 0 aliphatic heterocycles. The van der Waals surface area contributed by atoms with Crippen molar-refractivity contribution < 1.29 is 9.53 Å². The number of nitriles is 1. The van der Waals surface area contributed by atoms with Gasteiger partial charge in [-0.05, 0) is 49.7 Å². The average molecular weight is 322 g/mol. The van der Waals surface area contributed by atoms with Crippen LogP contribution in [-0.2, 0) is 4.79 Å². The highest BCUT2D eigenvalue weighted by molar-refractivity contribution is 5.96. The second-order valence-electron chi connectivity index (χ2n) is 5.58. The van der Waals surface area contributed by atoms with Crippen LogP contribution >= 0.6 is 0 Å². The topological polar surface area (TPSA) is 53.3 Å². The first-order valence-electron chi connectivity index (χ1n) is 8.19. The van der Waals surface area contributed by atoms with Crippen LogP contribution in [0.3, 0.4) is 0 Å². The van der Waals surface area contributed by atoms with Crippen molar-refractivity contribution in [3.63, 3.8) is 0 Å². The molecular formula is C20H22N2O2. The van der Waals surface area contributed by atoms with Crippen LogP contribution < -0.4 is 9.64 Å². The molecule has 0 fully saturated rings. The summed E-state index contributed by atoms with van der Waals surface area (Å²) in [7, 11) is 0. The van der Waals surface area contributed by atoms with Crippen molar-refractivity contribution in [3.05, 3.63) is 60.2 Å². The molecule has 1 amide bonds. The molecule has 124 valence electrons. The van der Waals surface area contributed by atoms with E-state index in [2.05, 4.69) is 13.0 Å². The standard InChI is InChI=1S/C20H22N2O2/c1-3-4-14-22(18-8-6-5-7-9-18)20(23)16(2)24-19-12-10-17(15-21)11-13-19/h5-13,16H,3-4,14H2,1-2H3. The van der Waals surface area contributed by atoms with Crippen LogP contribution in [0, 0.1) is 11.3 Å². The third-order valence-corrected chi connectivity index (χ3v) is 3.71. The van der Waals surface area contributed by atoms with Gasteiger partial charge in [0.2, 0.25) is 0 Å².